The predicted molar refractivity (Wildman–Crippen MR) is 143 cm³/mol. The summed E-state index contributed by atoms with van der Waals surface area (Å²) in [5, 5.41) is 2.99. The summed E-state index contributed by atoms with van der Waals surface area (Å²) < 4.78 is 6.82. The smallest absolute Gasteiger partial charge is 0.261 e. The zero-order valence-electron chi connectivity index (χ0n) is 20.6. The van der Waals surface area contributed by atoms with Crippen molar-refractivity contribution in [1.29, 1.82) is 0 Å². The van der Waals surface area contributed by atoms with Gasteiger partial charge in [0.2, 0.25) is 5.91 Å². The van der Waals surface area contributed by atoms with Crippen molar-refractivity contribution in [3.8, 4) is 5.75 Å². The van der Waals surface area contributed by atoms with E-state index in [0.29, 0.717) is 25.3 Å². The van der Waals surface area contributed by atoms with Gasteiger partial charge in [0.05, 0.1) is 0 Å². The molecule has 0 saturated heterocycles. The van der Waals surface area contributed by atoms with Gasteiger partial charge in [0.1, 0.15) is 11.8 Å². The van der Waals surface area contributed by atoms with Gasteiger partial charge in [0.15, 0.2) is 6.61 Å². The van der Waals surface area contributed by atoms with E-state index < -0.39 is 6.04 Å². The van der Waals surface area contributed by atoms with E-state index in [-0.39, 0.29) is 18.4 Å². The van der Waals surface area contributed by atoms with Crippen LogP contribution in [0.4, 0.5) is 0 Å². The van der Waals surface area contributed by atoms with Crippen molar-refractivity contribution in [3.63, 3.8) is 0 Å². The Morgan fingerprint density at radius 2 is 1.63 bits per heavy atom. The standard InChI is InChI=1S/C29H33BrN2O3/c1-4-13-31-29(34)27(18-23-9-6-5-7-10-23)32(19-24-11-8-12-25(30)17-24)28(33)20-35-26-15-21(2)14-22(3)16-26/h5-12,14-17,27H,4,13,18-20H2,1-3H3,(H,31,34). The third-order valence-corrected chi connectivity index (χ3v) is 6.11. The first-order valence-electron chi connectivity index (χ1n) is 11.9. The molecule has 0 radical (unpaired) electrons. The number of hydrogen-bond donors (Lipinski definition) is 1. The molecule has 2 amide bonds. The Bertz CT molecular complexity index is 1110. The lowest BCUT2D eigenvalue weighted by atomic mass is 10.0. The molecule has 0 bridgehead atoms. The highest BCUT2D eigenvalue weighted by atomic mass is 79.9. The van der Waals surface area contributed by atoms with E-state index in [1.165, 1.54) is 0 Å². The highest BCUT2D eigenvalue weighted by molar-refractivity contribution is 9.10. The van der Waals surface area contributed by atoms with Crippen molar-refractivity contribution in [3.05, 3.63) is 99.5 Å². The zero-order valence-corrected chi connectivity index (χ0v) is 22.2. The lowest BCUT2D eigenvalue weighted by molar-refractivity contribution is -0.142. The molecule has 5 nitrogen and oxygen atoms in total. The zero-order chi connectivity index (χ0) is 25.2. The molecule has 184 valence electrons. The minimum Gasteiger partial charge on any atom is -0.484 e. The first-order valence-corrected chi connectivity index (χ1v) is 12.7. The van der Waals surface area contributed by atoms with Crippen molar-refractivity contribution in [1.82, 2.24) is 10.2 Å². The predicted octanol–water partition coefficient (Wildman–Crippen LogP) is 5.61. The molecule has 0 aliphatic rings. The van der Waals surface area contributed by atoms with Crippen molar-refractivity contribution < 1.29 is 14.3 Å². The topological polar surface area (TPSA) is 58.6 Å². The molecular weight excluding hydrogens is 504 g/mol. The van der Waals surface area contributed by atoms with Crippen LogP contribution in [0.5, 0.6) is 5.75 Å². The number of carbonyl (C=O) groups excluding carboxylic acids is 2. The van der Waals surface area contributed by atoms with Crippen LogP contribution in [0, 0.1) is 13.8 Å². The van der Waals surface area contributed by atoms with Gasteiger partial charge in [-0.1, -0.05) is 71.4 Å². The molecule has 1 unspecified atom stereocenters. The molecule has 0 aromatic heterocycles. The molecule has 35 heavy (non-hydrogen) atoms. The Hall–Kier alpha value is -3.12. The van der Waals surface area contributed by atoms with Gasteiger partial charge in [-0.2, -0.15) is 0 Å². The molecule has 0 spiro atoms. The van der Waals surface area contributed by atoms with Crippen molar-refractivity contribution >= 4 is 27.7 Å². The first-order chi connectivity index (χ1) is 16.9. The fourth-order valence-electron chi connectivity index (χ4n) is 4.00. The summed E-state index contributed by atoms with van der Waals surface area (Å²) in [6.07, 6.45) is 1.24. The number of hydrogen-bond acceptors (Lipinski definition) is 3. The van der Waals surface area contributed by atoms with Gasteiger partial charge in [0.25, 0.3) is 5.91 Å². The summed E-state index contributed by atoms with van der Waals surface area (Å²) in [6.45, 7) is 6.70. The Morgan fingerprint density at radius 1 is 0.943 bits per heavy atom. The highest BCUT2D eigenvalue weighted by Crippen LogP contribution is 2.20. The summed E-state index contributed by atoms with van der Waals surface area (Å²) in [4.78, 5) is 28.6. The number of aryl methyl sites for hydroxylation is 2. The molecule has 3 aromatic carbocycles. The normalized spacial score (nSPS) is 11.5. The van der Waals surface area contributed by atoms with Crippen LogP contribution in [0.15, 0.2) is 77.3 Å². The van der Waals surface area contributed by atoms with E-state index >= 15 is 0 Å². The molecule has 0 aliphatic heterocycles. The SMILES string of the molecule is CCCNC(=O)C(Cc1ccccc1)N(Cc1cccc(Br)c1)C(=O)COc1cc(C)cc(C)c1. The summed E-state index contributed by atoms with van der Waals surface area (Å²) in [5.41, 5.74) is 4.06. The van der Waals surface area contributed by atoms with Crippen molar-refractivity contribution in [2.75, 3.05) is 13.2 Å². The maximum absolute atomic E-state index is 13.6. The van der Waals surface area contributed by atoms with Crippen molar-refractivity contribution in [2.45, 2.75) is 46.2 Å². The maximum Gasteiger partial charge on any atom is 0.261 e. The van der Waals surface area contributed by atoms with E-state index in [9.17, 15) is 9.59 Å². The molecule has 1 atom stereocenters. The molecule has 0 heterocycles. The molecule has 0 aliphatic carbocycles. The van der Waals surface area contributed by atoms with E-state index in [1.54, 1.807) is 4.90 Å². The summed E-state index contributed by atoms with van der Waals surface area (Å²) in [5.74, 6) is 0.246. The van der Waals surface area contributed by atoms with Crippen LogP contribution in [-0.2, 0) is 22.6 Å². The maximum atomic E-state index is 13.6. The summed E-state index contributed by atoms with van der Waals surface area (Å²) >= 11 is 3.51. The molecule has 6 heteroatoms. The van der Waals surface area contributed by atoms with Crippen LogP contribution in [0.1, 0.15) is 35.6 Å². The largest absolute Gasteiger partial charge is 0.484 e. The quantitative estimate of drug-likeness (QED) is 0.346. The second-order valence-electron chi connectivity index (χ2n) is 8.76. The van der Waals surface area contributed by atoms with Gasteiger partial charge >= 0.3 is 0 Å². The van der Waals surface area contributed by atoms with E-state index in [4.69, 9.17) is 4.74 Å². The van der Waals surface area contributed by atoms with Crippen LogP contribution >= 0.6 is 15.9 Å². The number of rotatable bonds is 11. The summed E-state index contributed by atoms with van der Waals surface area (Å²) in [6, 6.07) is 22.8. The lowest BCUT2D eigenvalue weighted by Gasteiger charge is -2.31. The number of benzene rings is 3. The lowest BCUT2D eigenvalue weighted by Crippen LogP contribution is -2.51. The van der Waals surface area contributed by atoms with Crippen LogP contribution in [0.2, 0.25) is 0 Å². The number of amides is 2. The molecule has 3 rings (SSSR count). The fourth-order valence-corrected chi connectivity index (χ4v) is 4.44. The Labute approximate surface area is 216 Å². The first kappa shape index (κ1) is 26.5. The number of ether oxygens (including phenoxy) is 1. The van der Waals surface area contributed by atoms with Crippen molar-refractivity contribution in [2.24, 2.45) is 0 Å². The van der Waals surface area contributed by atoms with Crippen LogP contribution < -0.4 is 10.1 Å². The van der Waals surface area contributed by atoms with Gasteiger partial charge in [-0.25, -0.2) is 0 Å². The Balaban J connectivity index is 1.90. The van der Waals surface area contributed by atoms with Gasteiger partial charge in [-0.15, -0.1) is 0 Å². The number of nitrogens with one attached hydrogen (secondary N) is 1. The molecule has 0 saturated carbocycles. The molecular formula is C29H33BrN2O3. The van der Waals surface area contributed by atoms with Gasteiger partial charge < -0.3 is 15.0 Å². The highest BCUT2D eigenvalue weighted by Gasteiger charge is 2.30. The minimum absolute atomic E-state index is 0.150. The number of nitrogens with zero attached hydrogens (tertiary/aromatic N) is 1. The third kappa shape index (κ3) is 8.25. The van der Waals surface area contributed by atoms with Crippen LogP contribution in [-0.4, -0.2) is 35.9 Å². The second-order valence-corrected chi connectivity index (χ2v) is 9.68. The van der Waals surface area contributed by atoms with Gasteiger partial charge in [-0.05, 0) is 66.8 Å². The Kier molecular flexibility index (Phi) is 9.91. The third-order valence-electron chi connectivity index (χ3n) is 5.62. The molecule has 0 fully saturated rings. The molecule has 1 N–H and O–H groups in total. The monoisotopic (exact) mass is 536 g/mol. The molecule has 3 aromatic rings. The minimum atomic E-state index is -0.668. The van der Waals surface area contributed by atoms with Crippen LogP contribution in [0.25, 0.3) is 0 Å². The summed E-state index contributed by atoms with van der Waals surface area (Å²) in [7, 11) is 0. The number of halogens is 1. The van der Waals surface area contributed by atoms with Crippen LogP contribution in [0.3, 0.4) is 0 Å². The van der Waals surface area contributed by atoms with E-state index in [1.807, 2.05) is 87.5 Å². The average Bonchev–Trinajstić information content (AvgIpc) is 2.83. The number of carbonyl (C=O) groups is 2. The Morgan fingerprint density at radius 3 is 2.29 bits per heavy atom. The van der Waals surface area contributed by atoms with E-state index in [2.05, 4.69) is 27.3 Å². The van der Waals surface area contributed by atoms with E-state index in [0.717, 1.165) is 33.1 Å². The second kappa shape index (κ2) is 13.1. The average molecular weight is 537 g/mol. The van der Waals surface area contributed by atoms with Gasteiger partial charge in [0, 0.05) is 24.0 Å². The van der Waals surface area contributed by atoms with Gasteiger partial charge in [-0.3, -0.25) is 9.59 Å². The fraction of sp³-hybridized carbons (Fsp3) is 0.310.